The molecule has 21 heavy (non-hydrogen) atoms. The number of hydrogen-bond acceptors (Lipinski definition) is 4. The Morgan fingerprint density at radius 2 is 1.81 bits per heavy atom. The van der Waals surface area contributed by atoms with E-state index >= 15 is 0 Å². The largest absolute Gasteiger partial charge is 0.490 e. The number of carbonyl (C=O) groups is 1. The minimum Gasteiger partial charge on any atom is -0.490 e. The molecular weight excluding hydrogens is 268 g/mol. The van der Waals surface area contributed by atoms with Gasteiger partial charge in [-0.15, -0.1) is 0 Å². The van der Waals surface area contributed by atoms with Crippen LogP contribution >= 0.6 is 0 Å². The molecule has 0 aliphatic rings. The number of nitrogens with one attached hydrogen (secondary N) is 1. The van der Waals surface area contributed by atoms with Crippen molar-refractivity contribution >= 4 is 5.91 Å². The van der Waals surface area contributed by atoms with Gasteiger partial charge in [0.05, 0.1) is 19.3 Å². The van der Waals surface area contributed by atoms with Gasteiger partial charge in [-0.25, -0.2) is 0 Å². The van der Waals surface area contributed by atoms with Gasteiger partial charge in [-0.2, -0.15) is 0 Å². The number of benzene rings is 1. The molecule has 2 atom stereocenters. The van der Waals surface area contributed by atoms with Crippen LogP contribution in [0.4, 0.5) is 0 Å². The summed E-state index contributed by atoms with van der Waals surface area (Å²) in [7, 11) is 0. The van der Waals surface area contributed by atoms with Crippen LogP contribution in [0.2, 0.25) is 0 Å². The second kappa shape index (κ2) is 8.52. The van der Waals surface area contributed by atoms with E-state index < -0.39 is 0 Å². The third kappa shape index (κ3) is 5.63. The molecule has 5 nitrogen and oxygen atoms in total. The highest BCUT2D eigenvalue weighted by Gasteiger charge is 2.14. The molecule has 5 heteroatoms. The number of nitrogens with two attached hydrogens (primary N) is 1. The van der Waals surface area contributed by atoms with Crippen molar-refractivity contribution in [2.75, 3.05) is 13.2 Å². The van der Waals surface area contributed by atoms with E-state index in [1.807, 2.05) is 45.9 Å². The second-order valence-electron chi connectivity index (χ2n) is 5.04. The summed E-state index contributed by atoms with van der Waals surface area (Å²) < 4.78 is 11.1. The van der Waals surface area contributed by atoms with Crippen molar-refractivity contribution in [3.8, 4) is 11.5 Å². The van der Waals surface area contributed by atoms with Crippen LogP contribution in [0.1, 0.15) is 45.7 Å². The SMILES string of the molecule is CCOc1ccc(C(C)NC(=O)CC(C)N)cc1OCC. The van der Waals surface area contributed by atoms with E-state index in [2.05, 4.69) is 5.32 Å². The zero-order valence-corrected chi connectivity index (χ0v) is 13.3. The van der Waals surface area contributed by atoms with Gasteiger partial charge in [0.2, 0.25) is 5.91 Å². The van der Waals surface area contributed by atoms with Crippen LogP contribution in [0.5, 0.6) is 11.5 Å². The van der Waals surface area contributed by atoms with Crippen molar-refractivity contribution in [2.24, 2.45) is 5.73 Å². The highest BCUT2D eigenvalue weighted by atomic mass is 16.5. The molecule has 0 saturated heterocycles. The molecule has 3 N–H and O–H groups in total. The van der Waals surface area contributed by atoms with Crippen LogP contribution in [0.3, 0.4) is 0 Å². The zero-order chi connectivity index (χ0) is 15.8. The Hall–Kier alpha value is -1.75. The number of carbonyl (C=O) groups excluding carboxylic acids is 1. The Bertz CT molecular complexity index is 461. The lowest BCUT2D eigenvalue weighted by Gasteiger charge is -2.18. The summed E-state index contributed by atoms with van der Waals surface area (Å²) in [5.41, 5.74) is 6.60. The highest BCUT2D eigenvalue weighted by Crippen LogP contribution is 2.30. The van der Waals surface area contributed by atoms with Gasteiger partial charge in [0, 0.05) is 12.5 Å². The first-order valence-corrected chi connectivity index (χ1v) is 7.42. The molecule has 118 valence electrons. The summed E-state index contributed by atoms with van der Waals surface area (Å²) in [4.78, 5) is 11.8. The summed E-state index contributed by atoms with van der Waals surface area (Å²) in [5, 5.41) is 2.93. The molecular formula is C16H26N2O3. The van der Waals surface area contributed by atoms with Crippen LogP contribution in [0, 0.1) is 0 Å². The van der Waals surface area contributed by atoms with Crippen LogP contribution in [-0.4, -0.2) is 25.2 Å². The fraction of sp³-hybridized carbons (Fsp3) is 0.562. The number of ether oxygens (including phenoxy) is 2. The van der Waals surface area contributed by atoms with Crippen molar-refractivity contribution in [1.29, 1.82) is 0 Å². The van der Waals surface area contributed by atoms with E-state index in [1.54, 1.807) is 0 Å². The first-order valence-electron chi connectivity index (χ1n) is 7.42. The normalized spacial score (nSPS) is 13.4. The molecule has 0 heterocycles. The molecule has 0 aliphatic heterocycles. The summed E-state index contributed by atoms with van der Waals surface area (Å²) in [6.45, 7) is 8.75. The maximum atomic E-state index is 11.8. The lowest BCUT2D eigenvalue weighted by Crippen LogP contribution is -2.31. The average Bonchev–Trinajstić information content (AvgIpc) is 2.40. The molecule has 1 aromatic rings. The van der Waals surface area contributed by atoms with Crippen molar-refractivity contribution in [1.82, 2.24) is 5.32 Å². The highest BCUT2D eigenvalue weighted by molar-refractivity contribution is 5.77. The molecule has 1 amide bonds. The van der Waals surface area contributed by atoms with Gasteiger partial charge in [-0.3, -0.25) is 4.79 Å². The number of hydrogen-bond donors (Lipinski definition) is 2. The lowest BCUT2D eigenvalue weighted by molar-refractivity contribution is -0.122. The Morgan fingerprint density at radius 1 is 1.19 bits per heavy atom. The zero-order valence-electron chi connectivity index (χ0n) is 13.3. The monoisotopic (exact) mass is 294 g/mol. The number of rotatable bonds is 8. The summed E-state index contributed by atoms with van der Waals surface area (Å²) >= 11 is 0. The predicted molar refractivity (Wildman–Crippen MR) is 83.6 cm³/mol. The van der Waals surface area contributed by atoms with E-state index in [4.69, 9.17) is 15.2 Å². The van der Waals surface area contributed by atoms with E-state index in [0.29, 0.717) is 25.4 Å². The van der Waals surface area contributed by atoms with E-state index in [9.17, 15) is 4.79 Å². The van der Waals surface area contributed by atoms with Gasteiger partial charge in [-0.05, 0) is 45.4 Å². The third-order valence-electron chi connectivity index (χ3n) is 2.95. The van der Waals surface area contributed by atoms with Crippen LogP contribution in [-0.2, 0) is 4.79 Å². The van der Waals surface area contributed by atoms with E-state index in [-0.39, 0.29) is 18.0 Å². The topological polar surface area (TPSA) is 73.6 Å². The summed E-state index contributed by atoms with van der Waals surface area (Å²) in [6.07, 6.45) is 0.319. The van der Waals surface area contributed by atoms with Crippen molar-refractivity contribution in [3.63, 3.8) is 0 Å². The molecule has 1 aromatic carbocycles. The molecule has 0 bridgehead atoms. The fourth-order valence-corrected chi connectivity index (χ4v) is 2.01. The van der Waals surface area contributed by atoms with Crippen LogP contribution in [0.15, 0.2) is 18.2 Å². The molecule has 2 unspecified atom stereocenters. The standard InChI is InChI=1S/C16H26N2O3/c1-5-20-14-8-7-13(10-15(14)21-6-2)12(4)18-16(19)9-11(3)17/h7-8,10-12H,5-6,9,17H2,1-4H3,(H,18,19). The molecule has 0 spiro atoms. The molecule has 0 aromatic heterocycles. The third-order valence-corrected chi connectivity index (χ3v) is 2.95. The average molecular weight is 294 g/mol. The maximum absolute atomic E-state index is 11.8. The Balaban J connectivity index is 2.82. The molecule has 0 saturated carbocycles. The Kier molecular flexibility index (Phi) is 7.02. The fourth-order valence-electron chi connectivity index (χ4n) is 2.01. The molecule has 0 aliphatic carbocycles. The molecule has 0 radical (unpaired) electrons. The van der Waals surface area contributed by atoms with Crippen LogP contribution < -0.4 is 20.5 Å². The van der Waals surface area contributed by atoms with Crippen molar-refractivity contribution in [3.05, 3.63) is 23.8 Å². The van der Waals surface area contributed by atoms with Gasteiger partial charge >= 0.3 is 0 Å². The van der Waals surface area contributed by atoms with Crippen molar-refractivity contribution in [2.45, 2.75) is 46.2 Å². The first kappa shape index (κ1) is 17.3. The summed E-state index contributed by atoms with van der Waals surface area (Å²) in [6, 6.07) is 5.47. The minimum atomic E-state index is -0.142. The van der Waals surface area contributed by atoms with Gasteiger partial charge < -0.3 is 20.5 Å². The van der Waals surface area contributed by atoms with Gasteiger partial charge in [0.1, 0.15) is 0 Å². The smallest absolute Gasteiger partial charge is 0.222 e. The maximum Gasteiger partial charge on any atom is 0.222 e. The first-order chi connectivity index (χ1) is 9.97. The summed E-state index contributed by atoms with van der Waals surface area (Å²) in [5.74, 6) is 1.37. The minimum absolute atomic E-state index is 0.0515. The van der Waals surface area contributed by atoms with E-state index in [1.165, 1.54) is 0 Å². The lowest BCUT2D eigenvalue weighted by atomic mass is 10.1. The van der Waals surface area contributed by atoms with Crippen LogP contribution in [0.25, 0.3) is 0 Å². The van der Waals surface area contributed by atoms with Crippen molar-refractivity contribution < 1.29 is 14.3 Å². The number of amides is 1. The molecule has 1 rings (SSSR count). The van der Waals surface area contributed by atoms with Gasteiger partial charge in [0.15, 0.2) is 11.5 Å². The molecule has 0 fully saturated rings. The predicted octanol–water partition coefficient (Wildman–Crippen LogP) is 2.40. The second-order valence-corrected chi connectivity index (χ2v) is 5.04. The Morgan fingerprint density at radius 3 is 2.38 bits per heavy atom. The van der Waals surface area contributed by atoms with Gasteiger partial charge in [0.25, 0.3) is 0 Å². The van der Waals surface area contributed by atoms with Gasteiger partial charge in [-0.1, -0.05) is 6.07 Å². The van der Waals surface area contributed by atoms with E-state index in [0.717, 1.165) is 11.3 Å². The Labute approximate surface area is 126 Å². The quantitative estimate of drug-likeness (QED) is 0.772.